The molecule has 0 spiro atoms. The predicted octanol–water partition coefficient (Wildman–Crippen LogP) is 3.39. The number of hydrogen-bond donors (Lipinski definition) is 0. The minimum atomic E-state index is -0.460. The molecule has 1 fully saturated rings. The lowest BCUT2D eigenvalue weighted by molar-refractivity contribution is 0.257. The van der Waals surface area contributed by atoms with Gasteiger partial charge in [-0.2, -0.15) is 0 Å². The smallest absolute Gasteiger partial charge is 0.149 e. The van der Waals surface area contributed by atoms with E-state index in [0.717, 1.165) is 26.1 Å². The Kier molecular flexibility index (Phi) is 5.16. The maximum Gasteiger partial charge on any atom is 0.149 e. The van der Waals surface area contributed by atoms with E-state index in [0.29, 0.717) is 24.0 Å². The summed E-state index contributed by atoms with van der Waals surface area (Å²) in [6, 6.07) is 2.82. The lowest BCUT2D eigenvalue weighted by Gasteiger charge is -2.36. The molecule has 0 bridgehead atoms. The average molecular weight is 333 g/mol. The molecule has 1 aliphatic heterocycles. The fourth-order valence-electron chi connectivity index (χ4n) is 2.51. The Morgan fingerprint density at radius 3 is 2.16 bits per heavy atom. The normalized spacial score (nSPS) is 16.9. The molecule has 106 valence electrons. The number of anilines is 1. The van der Waals surface area contributed by atoms with Gasteiger partial charge in [-0.05, 0) is 30.7 Å². The fourth-order valence-corrected chi connectivity index (χ4v) is 2.83. The first-order chi connectivity index (χ1) is 9.15. The largest absolute Gasteiger partial charge is 0.364 e. The van der Waals surface area contributed by atoms with Gasteiger partial charge in [0.15, 0.2) is 0 Å². The van der Waals surface area contributed by atoms with Gasteiger partial charge in [-0.1, -0.05) is 22.9 Å². The minimum Gasteiger partial charge on any atom is -0.364 e. The highest BCUT2D eigenvalue weighted by Crippen LogP contribution is 2.26. The first-order valence-corrected chi connectivity index (χ1v) is 7.79. The van der Waals surface area contributed by atoms with Crippen LogP contribution in [0.25, 0.3) is 0 Å². The van der Waals surface area contributed by atoms with Crippen LogP contribution >= 0.6 is 15.9 Å². The molecule has 1 saturated heterocycles. The second kappa shape index (κ2) is 6.66. The third-order valence-corrected chi connectivity index (χ3v) is 4.11. The lowest BCUT2D eigenvalue weighted by Crippen LogP contribution is -2.47. The Labute approximate surface area is 121 Å². The molecule has 1 aromatic rings. The van der Waals surface area contributed by atoms with Gasteiger partial charge < -0.3 is 4.90 Å². The Bertz CT molecular complexity index is 408. The van der Waals surface area contributed by atoms with E-state index < -0.39 is 11.6 Å². The van der Waals surface area contributed by atoms with Crippen molar-refractivity contribution in [2.75, 3.05) is 37.6 Å². The number of piperazine rings is 1. The highest BCUT2D eigenvalue weighted by atomic mass is 79.9. The second-order valence-electron chi connectivity index (χ2n) is 4.87. The van der Waals surface area contributed by atoms with Crippen molar-refractivity contribution >= 4 is 21.6 Å². The average Bonchev–Trinajstić information content (AvgIpc) is 2.40. The van der Waals surface area contributed by atoms with Gasteiger partial charge in [0.05, 0.1) is 0 Å². The number of benzene rings is 1. The van der Waals surface area contributed by atoms with Crippen LogP contribution in [0.15, 0.2) is 12.1 Å². The Morgan fingerprint density at radius 1 is 1.11 bits per heavy atom. The SMILES string of the molecule is CCCN1CCN(c2c(F)cc(CBr)cc2F)CC1. The van der Waals surface area contributed by atoms with Crippen molar-refractivity contribution in [2.45, 2.75) is 18.7 Å². The molecular weight excluding hydrogens is 314 g/mol. The predicted molar refractivity (Wildman–Crippen MR) is 77.9 cm³/mol. The van der Waals surface area contributed by atoms with Crippen LogP contribution in [-0.4, -0.2) is 37.6 Å². The Balaban J connectivity index is 2.11. The number of halogens is 3. The van der Waals surface area contributed by atoms with Crippen molar-refractivity contribution in [3.05, 3.63) is 29.3 Å². The molecule has 2 nitrogen and oxygen atoms in total. The van der Waals surface area contributed by atoms with E-state index >= 15 is 0 Å². The number of nitrogens with zero attached hydrogens (tertiary/aromatic N) is 2. The molecular formula is C14H19BrF2N2. The maximum atomic E-state index is 14.0. The lowest BCUT2D eigenvalue weighted by atomic mass is 10.1. The molecule has 0 atom stereocenters. The summed E-state index contributed by atoms with van der Waals surface area (Å²) in [5, 5.41) is 0.464. The monoisotopic (exact) mass is 332 g/mol. The van der Waals surface area contributed by atoms with Gasteiger partial charge in [0, 0.05) is 31.5 Å². The van der Waals surface area contributed by atoms with Gasteiger partial charge >= 0.3 is 0 Å². The Morgan fingerprint density at radius 2 is 1.68 bits per heavy atom. The van der Waals surface area contributed by atoms with Gasteiger partial charge in [0.1, 0.15) is 17.3 Å². The van der Waals surface area contributed by atoms with E-state index in [1.807, 2.05) is 4.90 Å². The molecule has 5 heteroatoms. The number of hydrogen-bond acceptors (Lipinski definition) is 2. The molecule has 0 unspecified atom stereocenters. The molecule has 1 heterocycles. The van der Waals surface area contributed by atoms with Gasteiger partial charge in [-0.3, -0.25) is 4.90 Å². The second-order valence-corrected chi connectivity index (χ2v) is 5.43. The van der Waals surface area contributed by atoms with Crippen LogP contribution in [0.5, 0.6) is 0 Å². The molecule has 0 amide bonds. The van der Waals surface area contributed by atoms with Crippen molar-refractivity contribution in [3.8, 4) is 0 Å². The van der Waals surface area contributed by atoms with Gasteiger partial charge in [-0.25, -0.2) is 8.78 Å². The van der Waals surface area contributed by atoms with Crippen molar-refractivity contribution < 1.29 is 8.78 Å². The Hall–Kier alpha value is -0.680. The van der Waals surface area contributed by atoms with E-state index in [-0.39, 0.29) is 5.69 Å². The summed E-state index contributed by atoms with van der Waals surface area (Å²) < 4.78 is 28.0. The summed E-state index contributed by atoms with van der Waals surface area (Å²) in [5.41, 5.74) is 0.754. The van der Waals surface area contributed by atoms with E-state index in [1.54, 1.807) is 0 Å². The zero-order valence-electron chi connectivity index (χ0n) is 11.1. The van der Waals surface area contributed by atoms with E-state index in [4.69, 9.17) is 0 Å². The first-order valence-electron chi connectivity index (χ1n) is 6.67. The topological polar surface area (TPSA) is 6.48 Å². The fraction of sp³-hybridized carbons (Fsp3) is 0.571. The van der Waals surface area contributed by atoms with Crippen LogP contribution in [0.4, 0.5) is 14.5 Å². The maximum absolute atomic E-state index is 14.0. The third kappa shape index (κ3) is 3.45. The third-order valence-electron chi connectivity index (χ3n) is 3.46. The standard InChI is InChI=1S/C14H19BrF2N2/c1-2-3-18-4-6-19(7-5-18)14-12(16)8-11(10-15)9-13(14)17/h8-9H,2-7,10H2,1H3. The summed E-state index contributed by atoms with van der Waals surface area (Å²) in [6.45, 7) is 6.30. The van der Waals surface area contributed by atoms with Crippen LogP contribution in [0.1, 0.15) is 18.9 Å². The number of alkyl halides is 1. The highest BCUT2D eigenvalue weighted by molar-refractivity contribution is 9.08. The summed E-state index contributed by atoms with van der Waals surface area (Å²) in [4.78, 5) is 4.15. The van der Waals surface area contributed by atoms with Gasteiger partial charge in [-0.15, -0.1) is 0 Å². The molecule has 0 radical (unpaired) electrons. The van der Waals surface area contributed by atoms with E-state index in [2.05, 4.69) is 27.8 Å². The summed E-state index contributed by atoms with van der Waals surface area (Å²) >= 11 is 3.22. The minimum absolute atomic E-state index is 0.126. The van der Waals surface area contributed by atoms with Crippen LogP contribution in [0.2, 0.25) is 0 Å². The summed E-state index contributed by atoms with van der Waals surface area (Å²) in [5.74, 6) is -0.920. The molecule has 0 saturated carbocycles. The number of rotatable bonds is 4. The van der Waals surface area contributed by atoms with Crippen molar-refractivity contribution in [1.82, 2.24) is 4.90 Å². The van der Waals surface area contributed by atoms with Crippen LogP contribution in [-0.2, 0) is 5.33 Å². The highest BCUT2D eigenvalue weighted by Gasteiger charge is 2.22. The molecule has 1 aromatic carbocycles. The molecule has 2 rings (SSSR count). The first kappa shape index (κ1) is 14.7. The zero-order valence-corrected chi connectivity index (χ0v) is 12.7. The molecule has 0 aromatic heterocycles. The molecule has 1 aliphatic rings. The van der Waals surface area contributed by atoms with Crippen molar-refractivity contribution in [1.29, 1.82) is 0 Å². The van der Waals surface area contributed by atoms with Gasteiger partial charge in [0.25, 0.3) is 0 Å². The zero-order chi connectivity index (χ0) is 13.8. The summed E-state index contributed by atoms with van der Waals surface area (Å²) in [7, 11) is 0. The van der Waals surface area contributed by atoms with Crippen LogP contribution < -0.4 is 4.90 Å². The van der Waals surface area contributed by atoms with Gasteiger partial charge in [0.2, 0.25) is 0 Å². The van der Waals surface area contributed by atoms with Crippen LogP contribution in [0, 0.1) is 11.6 Å². The van der Waals surface area contributed by atoms with Crippen LogP contribution in [0.3, 0.4) is 0 Å². The molecule has 19 heavy (non-hydrogen) atoms. The van der Waals surface area contributed by atoms with Crippen molar-refractivity contribution in [2.24, 2.45) is 0 Å². The van der Waals surface area contributed by atoms with Crippen molar-refractivity contribution in [3.63, 3.8) is 0 Å². The van der Waals surface area contributed by atoms with E-state index in [9.17, 15) is 8.78 Å². The molecule has 0 N–H and O–H groups in total. The summed E-state index contributed by atoms with van der Waals surface area (Å²) in [6.07, 6.45) is 1.11. The van der Waals surface area contributed by atoms with E-state index in [1.165, 1.54) is 12.1 Å². The molecule has 0 aliphatic carbocycles. The quantitative estimate of drug-likeness (QED) is 0.780.